The van der Waals surface area contributed by atoms with Crippen LogP contribution in [-0.4, -0.2) is 42.3 Å². The largest absolute Gasteiger partial charge is 0.481 e. The highest BCUT2D eigenvalue weighted by Gasteiger charge is 2.39. The maximum atomic E-state index is 10.9. The zero-order chi connectivity index (χ0) is 14.4. The molecule has 0 amide bonds. The van der Waals surface area contributed by atoms with Crippen molar-refractivity contribution >= 4 is 5.97 Å². The average Bonchev–Trinajstić information content (AvgIpc) is 2.50. The van der Waals surface area contributed by atoms with E-state index >= 15 is 0 Å². The molecule has 2 rings (SSSR count). The summed E-state index contributed by atoms with van der Waals surface area (Å²) in [5, 5.41) is 18.7. The molecular weight excluding hydrogens is 256 g/mol. The third kappa shape index (κ3) is 2.98. The van der Waals surface area contributed by atoms with Gasteiger partial charge in [0.25, 0.3) is 0 Å². The number of nitrogens with zero attached hydrogens (tertiary/aromatic N) is 2. The summed E-state index contributed by atoms with van der Waals surface area (Å²) in [4.78, 5) is 13.0. The molecule has 0 saturated carbocycles. The summed E-state index contributed by atoms with van der Waals surface area (Å²) < 4.78 is 5.33. The van der Waals surface area contributed by atoms with Crippen LogP contribution in [-0.2, 0) is 15.1 Å². The molecule has 0 aliphatic carbocycles. The summed E-state index contributed by atoms with van der Waals surface area (Å²) in [6, 6.07) is 11.8. The first kappa shape index (κ1) is 14.5. The van der Waals surface area contributed by atoms with Crippen molar-refractivity contribution in [1.29, 1.82) is 5.26 Å². The van der Waals surface area contributed by atoms with Gasteiger partial charge >= 0.3 is 5.97 Å². The fourth-order valence-electron chi connectivity index (χ4n) is 2.62. The first-order chi connectivity index (χ1) is 9.69. The van der Waals surface area contributed by atoms with Crippen LogP contribution >= 0.6 is 0 Å². The van der Waals surface area contributed by atoms with E-state index in [0.717, 1.165) is 5.56 Å². The molecule has 0 aromatic heterocycles. The number of hydrogen-bond acceptors (Lipinski definition) is 4. The third-order valence-electron chi connectivity index (χ3n) is 3.69. The minimum Gasteiger partial charge on any atom is -0.481 e. The van der Waals surface area contributed by atoms with Gasteiger partial charge in [0, 0.05) is 19.5 Å². The number of carboxylic acids is 1. The Morgan fingerprint density at radius 2 is 2.00 bits per heavy atom. The zero-order valence-corrected chi connectivity index (χ0v) is 11.3. The number of hydrogen-bond donors (Lipinski definition) is 1. The van der Waals surface area contributed by atoms with E-state index in [-0.39, 0.29) is 12.8 Å². The smallest absolute Gasteiger partial charge is 0.303 e. The third-order valence-corrected chi connectivity index (χ3v) is 3.69. The SMILES string of the molecule is N#C[C@](CCC(=O)O)(c1ccccc1)N1CCOCC1. The van der Waals surface area contributed by atoms with Gasteiger partial charge in [-0.2, -0.15) is 5.26 Å². The molecule has 1 N–H and O–H groups in total. The van der Waals surface area contributed by atoms with Gasteiger partial charge in [0.15, 0.2) is 0 Å². The van der Waals surface area contributed by atoms with Crippen molar-refractivity contribution in [3.8, 4) is 6.07 Å². The fourth-order valence-corrected chi connectivity index (χ4v) is 2.62. The number of aliphatic carboxylic acids is 1. The van der Waals surface area contributed by atoms with E-state index in [2.05, 4.69) is 6.07 Å². The van der Waals surface area contributed by atoms with Gasteiger partial charge in [-0.1, -0.05) is 30.3 Å². The number of ether oxygens (including phenoxy) is 1. The lowest BCUT2D eigenvalue weighted by Crippen LogP contribution is -2.50. The van der Waals surface area contributed by atoms with Gasteiger partial charge in [-0.25, -0.2) is 0 Å². The van der Waals surface area contributed by atoms with Crippen LogP contribution in [0.3, 0.4) is 0 Å². The number of nitriles is 1. The first-order valence-corrected chi connectivity index (χ1v) is 6.70. The second kappa shape index (κ2) is 6.51. The molecule has 5 nitrogen and oxygen atoms in total. The van der Waals surface area contributed by atoms with E-state index < -0.39 is 11.5 Å². The van der Waals surface area contributed by atoms with Crippen LogP contribution in [0.5, 0.6) is 0 Å². The molecule has 1 aromatic rings. The topological polar surface area (TPSA) is 73.6 Å². The number of carbonyl (C=O) groups is 1. The Morgan fingerprint density at radius 1 is 1.35 bits per heavy atom. The first-order valence-electron chi connectivity index (χ1n) is 6.70. The Kier molecular flexibility index (Phi) is 4.72. The van der Waals surface area contributed by atoms with Gasteiger partial charge in [0.2, 0.25) is 0 Å². The monoisotopic (exact) mass is 274 g/mol. The molecule has 0 unspecified atom stereocenters. The van der Waals surface area contributed by atoms with Crippen molar-refractivity contribution in [1.82, 2.24) is 4.90 Å². The van der Waals surface area contributed by atoms with E-state index in [4.69, 9.17) is 9.84 Å². The van der Waals surface area contributed by atoms with E-state index in [9.17, 15) is 10.1 Å². The Balaban J connectivity index is 2.34. The lowest BCUT2D eigenvalue weighted by Gasteiger charge is -2.41. The standard InChI is InChI=1S/C15H18N2O3/c16-12-15(7-6-14(18)19,13-4-2-1-3-5-13)17-8-10-20-11-9-17/h1-5H,6-11H2,(H,18,19)/t15-/m1/s1. The molecular formula is C15H18N2O3. The van der Waals surface area contributed by atoms with Crippen LogP contribution in [0.1, 0.15) is 18.4 Å². The number of morpholine rings is 1. The fraction of sp³-hybridized carbons (Fsp3) is 0.467. The lowest BCUT2D eigenvalue weighted by molar-refractivity contribution is -0.137. The lowest BCUT2D eigenvalue weighted by atomic mass is 9.84. The quantitative estimate of drug-likeness (QED) is 0.883. The maximum absolute atomic E-state index is 10.9. The summed E-state index contributed by atoms with van der Waals surface area (Å²) in [6.45, 7) is 2.43. The molecule has 1 aliphatic rings. The summed E-state index contributed by atoms with van der Waals surface area (Å²) in [5.74, 6) is -0.881. The molecule has 0 radical (unpaired) electrons. The molecule has 1 heterocycles. The van der Waals surface area contributed by atoms with Crippen molar-refractivity contribution in [3.05, 3.63) is 35.9 Å². The van der Waals surface area contributed by atoms with Crippen LogP contribution in [0.25, 0.3) is 0 Å². The van der Waals surface area contributed by atoms with E-state index in [0.29, 0.717) is 26.3 Å². The number of carboxylic acid groups (broad SMARTS) is 1. The highest BCUT2D eigenvalue weighted by molar-refractivity contribution is 5.67. The average molecular weight is 274 g/mol. The second-order valence-electron chi connectivity index (χ2n) is 4.83. The Labute approximate surface area is 118 Å². The predicted octanol–water partition coefficient (Wildman–Crippen LogP) is 1.60. The summed E-state index contributed by atoms with van der Waals surface area (Å²) >= 11 is 0. The van der Waals surface area contributed by atoms with Crippen molar-refractivity contribution in [2.75, 3.05) is 26.3 Å². The van der Waals surface area contributed by atoms with E-state index in [1.807, 2.05) is 35.2 Å². The zero-order valence-electron chi connectivity index (χ0n) is 11.3. The normalized spacial score (nSPS) is 18.9. The maximum Gasteiger partial charge on any atom is 0.303 e. The Morgan fingerprint density at radius 3 is 2.55 bits per heavy atom. The van der Waals surface area contributed by atoms with Gasteiger partial charge in [-0.3, -0.25) is 9.69 Å². The van der Waals surface area contributed by atoms with Crippen LogP contribution in [0, 0.1) is 11.3 Å². The number of benzene rings is 1. The van der Waals surface area contributed by atoms with Crippen LogP contribution in [0.4, 0.5) is 0 Å². The Hall–Kier alpha value is -1.90. The summed E-state index contributed by atoms with van der Waals surface area (Å²) in [5.41, 5.74) is -0.0330. The molecule has 1 atom stereocenters. The van der Waals surface area contributed by atoms with E-state index in [1.165, 1.54) is 0 Å². The van der Waals surface area contributed by atoms with E-state index in [1.54, 1.807) is 0 Å². The number of rotatable bonds is 5. The van der Waals surface area contributed by atoms with Crippen LogP contribution in [0.2, 0.25) is 0 Å². The van der Waals surface area contributed by atoms with Crippen LogP contribution < -0.4 is 0 Å². The molecule has 1 aromatic carbocycles. The minimum atomic E-state index is -0.885. The summed E-state index contributed by atoms with van der Waals surface area (Å²) in [7, 11) is 0. The molecule has 0 bridgehead atoms. The molecule has 1 aliphatic heterocycles. The van der Waals surface area contributed by atoms with Crippen molar-refractivity contribution in [3.63, 3.8) is 0 Å². The van der Waals surface area contributed by atoms with Crippen molar-refractivity contribution in [2.45, 2.75) is 18.4 Å². The second-order valence-corrected chi connectivity index (χ2v) is 4.83. The van der Waals surface area contributed by atoms with Gasteiger partial charge < -0.3 is 9.84 Å². The highest BCUT2D eigenvalue weighted by Crippen LogP contribution is 2.33. The predicted molar refractivity (Wildman–Crippen MR) is 73.0 cm³/mol. The Bertz CT molecular complexity index is 492. The molecule has 106 valence electrons. The molecule has 5 heteroatoms. The molecule has 0 spiro atoms. The van der Waals surface area contributed by atoms with Gasteiger partial charge in [0.1, 0.15) is 5.54 Å². The van der Waals surface area contributed by atoms with Crippen molar-refractivity contribution in [2.24, 2.45) is 0 Å². The highest BCUT2D eigenvalue weighted by atomic mass is 16.5. The van der Waals surface area contributed by atoms with Gasteiger partial charge in [-0.05, 0) is 12.0 Å². The minimum absolute atomic E-state index is 0.0280. The summed E-state index contributed by atoms with van der Waals surface area (Å²) in [6.07, 6.45) is 0.253. The van der Waals surface area contributed by atoms with Crippen molar-refractivity contribution < 1.29 is 14.6 Å². The molecule has 1 saturated heterocycles. The molecule has 20 heavy (non-hydrogen) atoms. The van der Waals surface area contributed by atoms with Crippen LogP contribution in [0.15, 0.2) is 30.3 Å². The van der Waals surface area contributed by atoms with Gasteiger partial charge in [0.05, 0.1) is 19.3 Å². The van der Waals surface area contributed by atoms with Gasteiger partial charge in [-0.15, -0.1) is 0 Å². The molecule has 1 fully saturated rings.